The average Bonchev–Trinajstić information content (AvgIpc) is 2.66. The minimum atomic E-state index is -0.452. The molecule has 0 aromatic heterocycles. The Kier molecular flexibility index (Phi) is 5.56. The second-order valence-electron chi connectivity index (χ2n) is 5.77. The zero-order valence-corrected chi connectivity index (χ0v) is 13.5. The highest BCUT2D eigenvalue weighted by Gasteiger charge is 2.32. The zero-order chi connectivity index (χ0) is 14.6. The van der Waals surface area contributed by atoms with Crippen molar-refractivity contribution in [2.24, 2.45) is 0 Å². The van der Waals surface area contributed by atoms with E-state index in [4.69, 9.17) is 0 Å². The molecule has 1 N–H and O–H groups in total. The second-order valence-corrected chi connectivity index (χ2v) is 6.62. The summed E-state index contributed by atoms with van der Waals surface area (Å²) in [6.45, 7) is 3.07. The molecule has 0 bridgehead atoms. The molecule has 20 heavy (non-hydrogen) atoms. The summed E-state index contributed by atoms with van der Waals surface area (Å²) < 4.78 is 28.6. The van der Waals surface area contributed by atoms with Gasteiger partial charge in [0.25, 0.3) is 0 Å². The monoisotopic (exact) mass is 345 g/mol. The molecule has 1 aromatic carbocycles. The molecule has 0 aliphatic carbocycles. The maximum atomic E-state index is 14.2. The van der Waals surface area contributed by atoms with E-state index in [0.717, 1.165) is 38.6 Å². The standard InChI is InChI=1S/C16H22BrF2N/c1-2-8-16(9-4-3-5-10-20-16)11-12-14(18)7-6-13(17)15(12)19/h6-7,20H,2-5,8-11H2,1H3. The van der Waals surface area contributed by atoms with E-state index in [9.17, 15) is 8.78 Å². The van der Waals surface area contributed by atoms with E-state index in [1.54, 1.807) is 0 Å². The van der Waals surface area contributed by atoms with Gasteiger partial charge in [-0.3, -0.25) is 0 Å². The molecular formula is C16H22BrF2N. The smallest absolute Gasteiger partial charge is 0.143 e. The van der Waals surface area contributed by atoms with Gasteiger partial charge in [-0.1, -0.05) is 26.2 Å². The van der Waals surface area contributed by atoms with Gasteiger partial charge in [0.05, 0.1) is 4.47 Å². The fourth-order valence-electron chi connectivity index (χ4n) is 3.21. The van der Waals surface area contributed by atoms with Crippen LogP contribution < -0.4 is 5.32 Å². The van der Waals surface area contributed by atoms with Gasteiger partial charge in [-0.05, 0) is 60.3 Å². The summed E-state index contributed by atoms with van der Waals surface area (Å²) in [4.78, 5) is 0. The van der Waals surface area contributed by atoms with E-state index in [1.807, 2.05) is 0 Å². The van der Waals surface area contributed by atoms with Crippen molar-refractivity contribution >= 4 is 15.9 Å². The maximum Gasteiger partial charge on any atom is 0.143 e. The lowest BCUT2D eigenvalue weighted by molar-refractivity contribution is 0.281. The van der Waals surface area contributed by atoms with Crippen LogP contribution in [0.3, 0.4) is 0 Å². The third kappa shape index (κ3) is 3.59. The Morgan fingerprint density at radius 3 is 2.80 bits per heavy atom. The lowest BCUT2D eigenvalue weighted by Crippen LogP contribution is -2.47. The van der Waals surface area contributed by atoms with Crippen LogP contribution in [0.1, 0.15) is 51.0 Å². The molecule has 0 amide bonds. The fraction of sp³-hybridized carbons (Fsp3) is 0.625. The van der Waals surface area contributed by atoms with E-state index >= 15 is 0 Å². The van der Waals surface area contributed by atoms with Gasteiger partial charge in [0, 0.05) is 11.1 Å². The van der Waals surface area contributed by atoms with Gasteiger partial charge >= 0.3 is 0 Å². The molecule has 0 spiro atoms. The molecule has 1 heterocycles. The Hall–Kier alpha value is -0.480. The largest absolute Gasteiger partial charge is 0.311 e. The molecule has 4 heteroatoms. The Morgan fingerprint density at radius 2 is 2.05 bits per heavy atom. The van der Waals surface area contributed by atoms with Crippen molar-refractivity contribution in [1.82, 2.24) is 5.32 Å². The molecule has 1 fully saturated rings. The predicted octanol–water partition coefficient (Wildman–Crippen LogP) is 4.97. The van der Waals surface area contributed by atoms with Crippen LogP contribution in [0.2, 0.25) is 0 Å². The molecule has 1 saturated heterocycles. The van der Waals surface area contributed by atoms with Gasteiger partial charge in [-0.2, -0.15) is 0 Å². The number of benzene rings is 1. The number of rotatable bonds is 4. The first-order valence-electron chi connectivity index (χ1n) is 7.45. The van der Waals surface area contributed by atoms with E-state index < -0.39 is 11.6 Å². The van der Waals surface area contributed by atoms with Crippen molar-refractivity contribution in [3.05, 3.63) is 33.8 Å². The summed E-state index contributed by atoms with van der Waals surface area (Å²) in [5, 5.41) is 3.57. The van der Waals surface area contributed by atoms with Gasteiger partial charge < -0.3 is 5.32 Å². The molecule has 0 radical (unpaired) electrons. The van der Waals surface area contributed by atoms with Crippen LogP contribution in [-0.4, -0.2) is 12.1 Å². The molecule has 112 valence electrons. The summed E-state index contributed by atoms with van der Waals surface area (Å²) in [5.41, 5.74) is 0.0514. The van der Waals surface area contributed by atoms with E-state index in [1.165, 1.54) is 18.6 Å². The average molecular weight is 346 g/mol. The SMILES string of the molecule is CCCC1(Cc2c(F)ccc(Br)c2F)CCCCCN1. The molecule has 0 saturated carbocycles. The maximum absolute atomic E-state index is 14.2. The predicted molar refractivity (Wildman–Crippen MR) is 81.9 cm³/mol. The number of halogens is 3. The third-order valence-electron chi connectivity index (χ3n) is 4.21. The highest BCUT2D eigenvalue weighted by atomic mass is 79.9. The molecule has 1 atom stereocenters. The van der Waals surface area contributed by atoms with Crippen molar-refractivity contribution in [1.29, 1.82) is 0 Å². The van der Waals surface area contributed by atoms with Gasteiger partial charge in [0.2, 0.25) is 0 Å². The summed E-state index contributed by atoms with van der Waals surface area (Å²) in [5.74, 6) is -0.890. The quantitative estimate of drug-likeness (QED) is 0.759. The highest BCUT2D eigenvalue weighted by Crippen LogP contribution is 2.31. The van der Waals surface area contributed by atoms with Crippen LogP contribution in [0.15, 0.2) is 16.6 Å². The Bertz CT molecular complexity index is 454. The summed E-state index contributed by atoms with van der Waals surface area (Å²) in [6, 6.07) is 2.78. The van der Waals surface area contributed by atoms with E-state index in [0.29, 0.717) is 10.9 Å². The Labute approximate surface area is 128 Å². The van der Waals surface area contributed by atoms with Gasteiger partial charge in [-0.15, -0.1) is 0 Å². The van der Waals surface area contributed by atoms with E-state index in [2.05, 4.69) is 28.2 Å². The third-order valence-corrected chi connectivity index (χ3v) is 4.83. The lowest BCUT2D eigenvalue weighted by atomic mass is 9.82. The Morgan fingerprint density at radius 1 is 1.25 bits per heavy atom. The molecule has 1 aliphatic heterocycles. The van der Waals surface area contributed by atoms with Gasteiger partial charge in [0.15, 0.2) is 0 Å². The minimum Gasteiger partial charge on any atom is -0.311 e. The van der Waals surface area contributed by atoms with Crippen molar-refractivity contribution in [2.45, 2.75) is 57.4 Å². The van der Waals surface area contributed by atoms with Crippen LogP contribution in [0.4, 0.5) is 8.78 Å². The first-order valence-corrected chi connectivity index (χ1v) is 8.25. The summed E-state index contributed by atoms with van der Waals surface area (Å²) in [6.07, 6.45) is 6.87. The molecule has 1 nitrogen and oxygen atoms in total. The van der Waals surface area contributed by atoms with Gasteiger partial charge in [-0.25, -0.2) is 8.78 Å². The van der Waals surface area contributed by atoms with Gasteiger partial charge in [0.1, 0.15) is 11.6 Å². The van der Waals surface area contributed by atoms with Crippen LogP contribution in [0.25, 0.3) is 0 Å². The molecule has 1 unspecified atom stereocenters. The Balaban J connectivity index is 2.30. The number of hydrogen-bond acceptors (Lipinski definition) is 1. The van der Waals surface area contributed by atoms with E-state index in [-0.39, 0.29) is 11.1 Å². The van der Waals surface area contributed by atoms with Crippen molar-refractivity contribution < 1.29 is 8.78 Å². The van der Waals surface area contributed by atoms with Crippen molar-refractivity contribution in [2.75, 3.05) is 6.54 Å². The number of hydrogen-bond donors (Lipinski definition) is 1. The van der Waals surface area contributed by atoms with Crippen LogP contribution >= 0.6 is 15.9 Å². The molecule has 1 aliphatic rings. The van der Waals surface area contributed by atoms with Crippen molar-refractivity contribution in [3.63, 3.8) is 0 Å². The normalized spacial score (nSPS) is 23.6. The fourth-order valence-corrected chi connectivity index (χ4v) is 3.58. The molecular weight excluding hydrogens is 324 g/mol. The summed E-state index contributed by atoms with van der Waals surface area (Å²) in [7, 11) is 0. The molecule has 1 aromatic rings. The van der Waals surface area contributed by atoms with Crippen LogP contribution in [-0.2, 0) is 6.42 Å². The number of nitrogens with one attached hydrogen (secondary N) is 1. The van der Waals surface area contributed by atoms with Crippen molar-refractivity contribution in [3.8, 4) is 0 Å². The minimum absolute atomic E-state index is 0.159. The van der Waals surface area contributed by atoms with Crippen LogP contribution in [0.5, 0.6) is 0 Å². The lowest BCUT2D eigenvalue weighted by Gasteiger charge is -2.34. The molecule has 2 rings (SSSR count). The first-order chi connectivity index (χ1) is 9.58. The highest BCUT2D eigenvalue weighted by molar-refractivity contribution is 9.10. The summed E-state index contributed by atoms with van der Waals surface area (Å²) >= 11 is 3.16. The zero-order valence-electron chi connectivity index (χ0n) is 11.9. The first kappa shape index (κ1) is 15.9. The second kappa shape index (κ2) is 6.99. The van der Waals surface area contributed by atoms with Crippen LogP contribution in [0, 0.1) is 11.6 Å². The topological polar surface area (TPSA) is 12.0 Å².